The van der Waals surface area contributed by atoms with E-state index in [0.717, 1.165) is 36.3 Å². The van der Waals surface area contributed by atoms with Crippen molar-refractivity contribution in [3.63, 3.8) is 0 Å². The van der Waals surface area contributed by atoms with Gasteiger partial charge in [-0.25, -0.2) is 4.79 Å². The van der Waals surface area contributed by atoms with E-state index in [1.54, 1.807) is 7.11 Å². The number of urea groups is 1. The molecule has 1 unspecified atom stereocenters. The highest BCUT2D eigenvalue weighted by Gasteiger charge is 2.35. The second-order valence-electron chi connectivity index (χ2n) is 7.93. The Bertz CT molecular complexity index is 1050. The van der Waals surface area contributed by atoms with Crippen LogP contribution in [0.4, 0.5) is 10.5 Å². The number of thiophene rings is 1. The maximum Gasteiger partial charge on any atom is 0.322 e. The van der Waals surface area contributed by atoms with Gasteiger partial charge in [-0.15, -0.1) is 11.3 Å². The van der Waals surface area contributed by atoms with Crippen LogP contribution in [0.25, 0.3) is 0 Å². The number of anilines is 1. The average molecular weight is 435 g/mol. The van der Waals surface area contributed by atoms with Gasteiger partial charge in [0.15, 0.2) is 0 Å². The number of rotatable bonds is 5. The topological polar surface area (TPSA) is 41.6 Å². The molecule has 4 rings (SSSR count). The lowest BCUT2D eigenvalue weighted by Gasteiger charge is -2.36. The minimum absolute atomic E-state index is 0.0557. The summed E-state index contributed by atoms with van der Waals surface area (Å²) in [7, 11) is 1.67. The van der Waals surface area contributed by atoms with Crippen molar-refractivity contribution >= 4 is 23.1 Å². The third kappa shape index (κ3) is 4.19. The highest BCUT2D eigenvalue weighted by atomic mass is 32.1. The van der Waals surface area contributed by atoms with Gasteiger partial charge in [-0.3, -0.25) is 0 Å². The summed E-state index contributed by atoms with van der Waals surface area (Å²) in [6.45, 7) is 7.25. The molecule has 2 aromatic carbocycles. The van der Waals surface area contributed by atoms with E-state index < -0.39 is 0 Å². The van der Waals surface area contributed by atoms with E-state index in [1.807, 2.05) is 40.5 Å². The van der Waals surface area contributed by atoms with E-state index in [-0.39, 0.29) is 12.1 Å². The Balaban J connectivity index is 1.69. The first kappa shape index (κ1) is 21.4. The molecule has 2 heterocycles. The third-order valence-corrected chi connectivity index (χ3v) is 7.41. The number of nitrogens with one attached hydrogen (secondary N) is 1. The first-order chi connectivity index (χ1) is 15.0. The molecule has 2 amide bonds. The van der Waals surface area contributed by atoms with Gasteiger partial charge in [-0.05, 0) is 72.7 Å². The summed E-state index contributed by atoms with van der Waals surface area (Å²) in [5.41, 5.74) is 6.09. The van der Waals surface area contributed by atoms with Crippen molar-refractivity contribution in [2.75, 3.05) is 19.0 Å². The molecule has 0 spiro atoms. The fraction of sp³-hybridized carbons (Fsp3) is 0.346. The molecule has 1 aliphatic heterocycles. The summed E-state index contributed by atoms with van der Waals surface area (Å²) in [6, 6.07) is 16.1. The van der Waals surface area contributed by atoms with Gasteiger partial charge >= 0.3 is 6.03 Å². The van der Waals surface area contributed by atoms with Crippen LogP contribution in [0, 0.1) is 6.92 Å². The van der Waals surface area contributed by atoms with E-state index >= 15 is 0 Å². The van der Waals surface area contributed by atoms with E-state index in [9.17, 15) is 4.79 Å². The van der Waals surface area contributed by atoms with Crippen LogP contribution in [-0.2, 0) is 19.3 Å². The largest absolute Gasteiger partial charge is 0.497 e. The van der Waals surface area contributed by atoms with Gasteiger partial charge in [0.2, 0.25) is 0 Å². The maximum absolute atomic E-state index is 13.4. The molecular formula is C26H30N2O2S. The minimum Gasteiger partial charge on any atom is -0.497 e. The molecule has 0 bridgehead atoms. The lowest BCUT2D eigenvalue weighted by Crippen LogP contribution is -2.42. The van der Waals surface area contributed by atoms with Gasteiger partial charge in [0.05, 0.1) is 13.2 Å². The van der Waals surface area contributed by atoms with Crippen LogP contribution in [0.2, 0.25) is 0 Å². The molecule has 1 atom stereocenters. The number of fused-ring (bicyclic) bond motifs is 1. The van der Waals surface area contributed by atoms with E-state index in [4.69, 9.17) is 4.74 Å². The monoisotopic (exact) mass is 434 g/mol. The Morgan fingerprint density at radius 1 is 1.10 bits per heavy atom. The quantitative estimate of drug-likeness (QED) is 0.507. The van der Waals surface area contributed by atoms with Crippen LogP contribution in [-0.4, -0.2) is 24.6 Å². The van der Waals surface area contributed by atoms with Crippen LogP contribution < -0.4 is 10.1 Å². The number of carbonyl (C=O) groups excluding carboxylic acids is 1. The average Bonchev–Trinajstić information content (AvgIpc) is 3.13. The van der Waals surface area contributed by atoms with E-state index in [0.29, 0.717) is 6.54 Å². The number of methoxy groups -OCH3 is 1. The van der Waals surface area contributed by atoms with Gasteiger partial charge in [0.1, 0.15) is 5.75 Å². The highest BCUT2D eigenvalue weighted by molar-refractivity contribution is 7.12. The summed E-state index contributed by atoms with van der Waals surface area (Å²) < 4.78 is 5.35. The van der Waals surface area contributed by atoms with E-state index in [2.05, 4.69) is 50.4 Å². The Kier molecular flexibility index (Phi) is 6.33. The van der Waals surface area contributed by atoms with Crippen LogP contribution in [0.5, 0.6) is 5.75 Å². The molecule has 162 valence electrons. The Hall–Kier alpha value is -2.79. The van der Waals surface area contributed by atoms with Crippen molar-refractivity contribution in [1.29, 1.82) is 0 Å². The number of carbonyl (C=O) groups is 1. The molecule has 0 radical (unpaired) electrons. The van der Waals surface area contributed by atoms with Crippen LogP contribution in [0.15, 0.2) is 48.5 Å². The number of ether oxygens (including phenoxy) is 1. The van der Waals surface area contributed by atoms with Crippen molar-refractivity contribution in [3.8, 4) is 5.75 Å². The zero-order chi connectivity index (χ0) is 22.0. The second-order valence-corrected chi connectivity index (χ2v) is 9.19. The second kappa shape index (κ2) is 9.15. The predicted octanol–water partition coefficient (Wildman–Crippen LogP) is 6.37. The number of aryl methyl sites for hydroxylation is 2. The zero-order valence-electron chi connectivity index (χ0n) is 18.7. The summed E-state index contributed by atoms with van der Waals surface area (Å²) in [5, 5.41) is 3.12. The first-order valence-electron chi connectivity index (χ1n) is 11.0. The standard InChI is InChI=1S/C26H30N2O2S/c1-5-18-7-11-20(12-8-18)27-26(29)28-16-15-23-22(6-2)17(3)31-25(23)24(28)19-9-13-21(30-4)14-10-19/h7-14,24H,5-6,15-16H2,1-4H3,(H,27,29). The Morgan fingerprint density at radius 2 is 1.81 bits per heavy atom. The molecule has 3 aromatic rings. The summed E-state index contributed by atoms with van der Waals surface area (Å²) in [5.74, 6) is 0.823. The molecular weight excluding hydrogens is 404 g/mol. The minimum atomic E-state index is -0.0893. The smallest absolute Gasteiger partial charge is 0.322 e. The molecule has 0 aliphatic carbocycles. The number of benzene rings is 2. The number of hydrogen-bond acceptors (Lipinski definition) is 3. The van der Waals surface area contributed by atoms with Crippen LogP contribution in [0.3, 0.4) is 0 Å². The van der Waals surface area contributed by atoms with E-state index in [1.165, 1.54) is 26.4 Å². The van der Waals surface area contributed by atoms with Crippen molar-refractivity contribution < 1.29 is 9.53 Å². The lowest BCUT2D eigenvalue weighted by molar-refractivity contribution is 0.195. The van der Waals surface area contributed by atoms with Crippen molar-refractivity contribution in [2.24, 2.45) is 0 Å². The van der Waals surface area contributed by atoms with Crippen molar-refractivity contribution in [1.82, 2.24) is 4.90 Å². The zero-order valence-corrected chi connectivity index (χ0v) is 19.5. The lowest BCUT2D eigenvalue weighted by atomic mass is 9.92. The van der Waals surface area contributed by atoms with Gasteiger partial charge in [-0.2, -0.15) is 0 Å². The van der Waals surface area contributed by atoms with Gasteiger partial charge in [0.25, 0.3) is 0 Å². The summed E-state index contributed by atoms with van der Waals surface area (Å²) >= 11 is 1.83. The Morgan fingerprint density at radius 3 is 2.42 bits per heavy atom. The van der Waals surface area contributed by atoms with Crippen molar-refractivity contribution in [2.45, 2.75) is 46.1 Å². The molecule has 1 N–H and O–H groups in total. The summed E-state index contributed by atoms with van der Waals surface area (Å²) in [6.07, 6.45) is 2.92. The Labute approximate surface area is 188 Å². The maximum atomic E-state index is 13.4. The molecule has 1 aromatic heterocycles. The third-order valence-electron chi connectivity index (χ3n) is 6.17. The molecule has 0 saturated carbocycles. The number of hydrogen-bond donors (Lipinski definition) is 1. The SMILES string of the molecule is CCc1ccc(NC(=O)N2CCc3c(sc(C)c3CC)C2c2ccc(OC)cc2)cc1. The van der Waals surface area contributed by atoms with Crippen LogP contribution in [0.1, 0.15) is 51.9 Å². The molecule has 4 nitrogen and oxygen atoms in total. The fourth-order valence-corrected chi connectivity index (χ4v) is 5.91. The molecule has 1 aliphatic rings. The highest BCUT2D eigenvalue weighted by Crippen LogP contribution is 2.43. The molecule has 31 heavy (non-hydrogen) atoms. The van der Waals surface area contributed by atoms with Gasteiger partial charge in [0, 0.05) is 22.0 Å². The number of nitrogens with zero attached hydrogens (tertiary/aromatic N) is 1. The molecule has 0 saturated heterocycles. The van der Waals surface area contributed by atoms with Gasteiger partial charge in [-0.1, -0.05) is 38.1 Å². The van der Waals surface area contributed by atoms with Crippen LogP contribution >= 0.6 is 11.3 Å². The van der Waals surface area contributed by atoms with Gasteiger partial charge < -0.3 is 15.0 Å². The fourth-order valence-electron chi connectivity index (χ4n) is 4.46. The molecule has 0 fully saturated rings. The first-order valence-corrected chi connectivity index (χ1v) is 11.8. The normalized spacial score (nSPS) is 15.5. The van der Waals surface area contributed by atoms with Crippen molar-refractivity contribution in [3.05, 3.63) is 80.5 Å². The summed E-state index contributed by atoms with van der Waals surface area (Å²) in [4.78, 5) is 18.0. The molecule has 5 heteroatoms. The number of amides is 2. The predicted molar refractivity (Wildman–Crippen MR) is 129 cm³/mol.